The second-order valence-corrected chi connectivity index (χ2v) is 6.34. The summed E-state index contributed by atoms with van der Waals surface area (Å²) < 4.78 is 13.9. The molecule has 23 heavy (non-hydrogen) atoms. The largest absolute Gasteiger partial charge is 0.383 e. The third-order valence-corrected chi connectivity index (χ3v) is 4.90. The van der Waals surface area contributed by atoms with Crippen LogP contribution in [0, 0.1) is 23.1 Å². The number of anilines is 1. The van der Waals surface area contributed by atoms with Gasteiger partial charge in [-0.25, -0.2) is 9.37 Å². The molecule has 1 atom stereocenters. The zero-order chi connectivity index (χ0) is 16.6. The lowest BCUT2D eigenvalue weighted by Gasteiger charge is -2.26. The number of nitrogens with zero attached hydrogens (tertiary/aromatic N) is 2. The number of nitrogens with two attached hydrogens (primary N) is 1. The Bertz CT molecular complexity index is 811. The predicted molar refractivity (Wildman–Crippen MR) is 89.6 cm³/mol. The molecule has 0 spiro atoms. The Morgan fingerprint density at radius 2 is 2.26 bits per heavy atom. The molecule has 0 radical (unpaired) electrons. The topological polar surface area (TPSA) is 62.7 Å². The van der Waals surface area contributed by atoms with E-state index in [0.29, 0.717) is 22.6 Å². The highest BCUT2D eigenvalue weighted by atomic mass is 35.5. The monoisotopic (exact) mass is 329 g/mol. The molecule has 1 heterocycles. The summed E-state index contributed by atoms with van der Waals surface area (Å²) in [6.07, 6.45) is 3.82. The van der Waals surface area contributed by atoms with Crippen molar-refractivity contribution < 1.29 is 4.39 Å². The second-order valence-electron chi connectivity index (χ2n) is 5.93. The lowest BCUT2D eigenvalue weighted by Crippen LogP contribution is -2.18. The second kappa shape index (κ2) is 6.17. The van der Waals surface area contributed by atoms with E-state index >= 15 is 0 Å². The Morgan fingerprint density at radius 3 is 2.91 bits per heavy atom. The van der Waals surface area contributed by atoms with Crippen molar-refractivity contribution in [2.45, 2.75) is 32.6 Å². The summed E-state index contributed by atoms with van der Waals surface area (Å²) >= 11 is 5.79. The Hall–Kier alpha value is -2.12. The van der Waals surface area contributed by atoms with E-state index in [1.165, 1.54) is 12.1 Å². The van der Waals surface area contributed by atoms with Gasteiger partial charge in [-0.2, -0.15) is 5.26 Å². The number of hydrogen-bond donors (Lipinski definition) is 1. The standard InChI is InChI=1S/C18H17ClFN3/c1-2-10-3-6-16-12(7-10)17(13(9-21)18(22)23-16)11-4-5-14(19)15(20)8-11/h4-5,8,10H,2-3,6-7H2,1H3,(H2,22,23). The smallest absolute Gasteiger partial charge is 0.142 e. The first-order valence-electron chi connectivity index (χ1n) is 7.71. The minimum Gasteiger partial charge on any atom is -0.383 e. The number of halogens is 2. The molecule has 1 aromatic heterocycles. The maximum atomic E-state index is 13.9. The molecular formula is C18H17ClFN3. The van der Waals surface area contributed by atoms with E-state index in [1.54, 1.807) is 6.07 Å². The van der Waals surface area contributed by atoms with E-state index < -0.39 is 5.82 Å². The van der Waals surface area contributed by atoms with E-state index in [2.05, 4.69) is 18.0 Å². The van der Waals surface area contributed by atoms with Crippen molar-refractivity contribution in [2.24, 2.45) is 5.92 Å². The van der Waals surface area contributed by atoms with Gasteiger partial charge in [-0.15, -0.1) is 0 Å². The van der Waals surface area contributed by atoms with E-state index in [9.17, 15) is 9.65 Å². The summed E-state index contributed by atoms with van der Waals surface area (Å²) in [5.41, 5.74) is 9.59. The van der Waals surface area contributed by atoms with Gasteiger partial charge in [0.15, 0.2) is 0 Å². The van der Waals surface area contributed by atoms with Crippen molar-refractivity contribution in [3.63, 3.8) is 0 Å². The van der Waals surface area contributed by atoms with E-state index in [4.69, 9.17) is 17.3 Å². The maximum Gasteiger partial charge on any atom is 0.142 e. The first-order valence-corrected chi connectivity index (χ1v) is 8.09. The summed E-state index contributed by atoms with van der Waals surface area (Å²) in [6, 6.07) is 6.75. The maximum absolute atomic E-state index is 13.9. The zero-order valence-corrected chi connectivity index (χ0v) is 13.6. The number of hydrogen-bond acceptors (Lipinski definition) is 3. The van der Waals surface area contributed by atoms with Gasteiger partial charge >= 0.3 is 0 Å². The lowest BCUT2D eigenvalue weighted by molar-refractivity contribution is 0.440. The van der Waals surface area contributed by atoms with Crippen LogP contribution in [-0.4, -0.2) is 4.98 Å². The van der Waals surface area contributed by atoms with Gasteiger partial charge in [0.2, 0.25) is 0 Å². The first kappa shape index (κ1) is 15.8. The molecule has 0 fully saturated rings. The van der Waals surface area contributed by atoms with Crippen molar-refractivity contribution in [2.75, 3.05) is 5.73 Å². The summed E-state index contributed by atoms with van der Waals surface area (Å²) in [6.45, 7) is 2.16. The van der Waals surface area contributed by atoms with Gasteiger partial charge in [0.05, 0.1) is 5.02 Å². The molecule has 3 rings (SSSR count). The molecule has 2 N–H and O–H groups in total. The molecule has 118 valence electrons. The molecular weight excluding hydrogens is 313 g/mol. The fourth-order valence-corrected chi connectivity index (χ4v) is 3.40. The van der Waals surface area contributed by atoms with Gasteiger partial charge < -0.3 is 5.73 Å². The minimum absolute atomic E-state index is 0.0644. The Labute approximate surface area is 139 Å². The molecule has 0 saturated carbocycles. The SMILES string of the molecule is CCC1CCc2nc(N)c(C#N)c(-c3ccc(Cl)c(F)c3)c2C1. The van der Waals surface area contributed by atoms with Crippen molar-refractivity contribution in [1.29, 1.82) is 5.26 Å². The molecule has 2 aromatic rings. The predicted octanol–water partition coefficient (Wildman–Crippen LogP) is 4.51. The van der Waals surface area contributed by atoms with Gasteiger partial charge in [0.25, 0.3) is 0 Å². The quantitative estimate of drug-likeness (QED) is 0.881. The van der Waals surface area contributed by atoms with E-state index in [0.717, 1.165) is 36.9 Å². The average Bonchev–Trinajstić information content (AvgIpc) is 2.55. The number of pyridine rings is 1. The number of fused-ring (bicyclic) bond motifs is 1. The number of rotatable bonds is 2. The summed E-state index contributed by atoms with van der Waals surface area (Å²) in [7, 11) is 0. The van der Waals surface area contributed by atoms with Crippen molar-refractivity contribution >= 4 is 17.4 Å². The van der Waals surface area contributed by atoms with Crippen molar-refractivity contribution in [3.05, 3.63) is 45.9 Å². The van der Waals surface area contributed by atoms with Crippen molar-refractivity contribution in [1.82, 2.24) is 4.98 Å². The average molecular weight is 330 g/mol. The van der Waals surface area contributed by atoms with Gasteiger partial charge in [-0.05, 0) is 48.4 Å². The fourth-order valence-electron chi connectivity index (χ4n) is 3.28. The molecule has 1 aliphatic rings. The lowest BCUT2D eigenvalue weighted by atomic mass is 9.80. The number of aryl methyl sites for hydroxylation is 1. The van der Waals surface area contributed by atoms with Crippen LogP contribution in [0.1, 0.15) is 36.6 Å². The molecule has 0 amide bonds. The fraction of sp³-hybridized carbons (Fsp3) is 0.333. The van der Waals surface area contributed by atoms with Crippen molar-refractivity contribution in [3.8, 4) is 17.2 Å². The van der Waals surface area contributed by atoms with Gasteiger partial charge in [-0.1, -0.05) is 31.0 Å². The van der Waals surface area contributed by atoms with Crippen LogP contribution in [0.25, 0.3) is 11.1 Å². The Kier molecular flexibility index (Phi) is 4.23. The van der Waals surface area contributed by atoms with E-state index in [1.807, 2.05) is 0 Å². The summed E-state index contributed by atoms with van der Waals surface area (Å²) in [5.74, 6) is 0.266. The van der Waals surface area contributed by atoms with Crippen LogP contribution in [0.2, 0.25) is 5.02 Å². The Morgan fingerprint density at radius 1 is 1.48 bits per heavy atom. The molecule has 1 aromatic carbocycles. The summed E-state index contributed by atoms with van der Waals surface area (Å²) in [4.78, 5) is 4.41. The normalized spacial score (nSPS) is 16.7. The first-order chi connectivity index (χ1) is 11.0. The van der Waals surface area contributed by atoms with Crippen LogP contribution in [0.4, 0.5) is 10.2 Å². The van der Waals surface area contributed by atoms with Gasteiger partial charge in [0.1, 0.15) is 23.3 Å². The van der Waals surface area contributed by atoms with Gasteiger partial charge in [-0.3, -0.25) is 0 Å². The number of nitrogen functional groups attached to an aromatic ring is 1. The highest BCUT2D eigenvalue weighted by Crippen LogP contribution is 2.38. The molecule has 0 aliphatic heterocycles. The highest BCUT2D eigenvalue weighted by molar-refractivity contribution is 6.30. The summed E-state index contributed by atoms with van der Waals surface area (Å²) in [5, 5.41) is 9.58. The van der Waals surface area contributed by atoms with Gasteiger partial charge in [0, 0.05) is 11.3 Å². The highest BCUT2D eigenvalue weighted by Gasteiger charge is 2.26. The molecule has 3 nitrogen and oxygen atoms in total. The minimum atomic E-state index is -0.500. The van der Waals surface area contributed by atoms with Crippen LogP contribution in [0.15, 0.2) is 18.2 Å². The third-order valence-electron chi connectivity index (χ3n) is 4.59. The van der Waals surface area contributed by atoms with Crippen LogP contribution in [-0.2, 0) is 12.8 Å². The molecule has 1 aliphatic carbocycles. The number of nitriles is 1. The van der Waals surface area contributed by atoms with Crippen LogP contribution in [0.5, 0.6) is 0 Å². The third kappa shape index (κ3) is 2.77. The molecule has 5 heteroatoms. The van der Waals surface area contributed by atoms with Crippen LogP contribution >= 0.6 is 11.6 Å². The molecule has 1 unspecified atom stereocenters. The molecule has 0 bridgehead atoms. The number of aromatic nitrogens is 1. The van der Waals surface area contributed by atoms with Crippen LogP contribution < -0.4 is 5.73 Å². The zero-order valence-electron chi connectivity index (χ0n) is 12.9. The Balaban J connectivity index is 2.27. The van der Waals surface area contributed by atoms with E-state index in [-0.39, 0.29) is 10.8 Å². The number of benzene rings is 1. The molecule has 0 saturated heterocycles. The van der Waals surface area contributed by atoms with Crippen LogP contribution in [0.3, 0.4) is 0 Å².